The van der Waals surface area contributed by atoms with Crippen LogP contribution in [0.5, 0.6) is 0 Å². The van der Waals surface area contributed by atoms with Crippen molar-refractivity contribution < 1.29 is 15.0 Å². The van der Waals surface area contributed by atoms with Gasteiger partial charge in [-0.15, -0.1) is 0 Å². The third-order valence-corrected chi connectivity index (χ3v) is 11.6. The molecule has 0 heterocycles. The molecule has 0 saturated heterocycles. The van der Waals surface area contributed by atoms with E-state index in [2.05, 4.69) is 67.8 Å². The highest BCUT2D eigenvalue weighted by molar-refractivity contribution is 5.76. The molecule has 3 N–H and O–H groups in total. The van der Waals surface area contributed by atoms with Crippen LogP contribution in [0, 0.1) is 0 Å². The summed E-state index contributed by atoms with van der Waals surface area (Å²) in [5, 5.41) is 23.2. The van der Waals surface area contributed by atoms with Gasteiger partial charge < -0.3 is 15.5 Å². The summed E-state index contributed by atoms with van der Waals surface area (Å²) in [6, 6.07) is -0.534. The van der Waals surface area contributed by atoms with Gasteiger partial charge in [-0.25, -0.2) is 0 Å². The fourth-order valence-electron chi connectivity index (χ4n) is 7.77. The standard InChI is InChI=1S/C53H99NO3/c1-3-5-7-9-11-13-15-17-18-19-20-21-22-23-24-25-26-27-28-29-30-31-32-33-34-35-36-37-39-41-43-45-47-49-53(57)54-51(50-55)52(56)48-46-44-42-40-38-16-14-12-10-8-6-4-2/h5,7,11,13,17-18,20-21,51-52,55-56H,3-4,6,8-10,12,14-16,19,22-50H2,1-2H3,(H,54,57)/b7-5-,13-11-,18-17-,21-20-. The van der Waals surface area contributed by atoms with E-state index in [0.29, 0.717) is 12.8 Å². The van der Waals surface area contributed by atoms with Crippen LogP contribution >= 0.6 is 0 Å². The molecule has 57 heavy (non-hydrogen) atoms. The van der Waals surface area contributed by atoms with Crippen LogP contribution in [-0.4, -0.2) is 34.9 Å². The Kier molecular flexibility index (Phi) is 47.3. The summed E-state index contributed by atoms with van der Waals surface area (Å²) in [4.78, 5) is 12.4. The first-order chi connectivity index (χ1) is 28.2. The topological polar surface area (TPSA) is 69.6 Å². The molecule has 0 spiro atoms. The summed E-state index contributed by atoms with van der Waals surface area (Å²) in [7, 11) is 0. The Labute approximate surface area is 356 Å². The molecule has 0 fully saturated rings. The Morgan fingerprint density at radius 3 is 1.16 bits per heavy atom. The Morgan fingerprint density at radius 1 is 0.439 bits per heavy atom. The molecular weight excluding hydrogens is 699 g/mol. The van der Waals surface area contributed by atoms with Gasteiger partial charge in [-0.3, -0.25) is 4.79 Å². The molecule has 1 amide bonds. The van der Waals surface area contributed by atoms with E-state index >= 15 is 0 Å². The van der Waals surface area contributed by atoms with Crippen LogP contribution in [0.1, 0.15) is 264 Å². The van der Waals surface area contributed by atoms with Crippen LogP contribution in [0.25, 0.3) is 0 Å². The molecule has 0 aromatic carbocycles. The van der Waals surface area contributed by atoms with Crippen LogP contribution in [-0.2, 0) is 4.79 Å². The van der Waals surface area contributed by atoms with Gasteiger partial charge in [-0.1, -0.05) is 255 Å². The Hall–Kier alpha value is -1.65. The minimum atomic E-state index is -0.657. The summed E-state index contributed by atoms with van der Waals surface area (Å²) in [6.45, 7) is 4.25. The summed E-state index contributed by atoms with van der Waals surface area (Å²) in [6.07, 6.45) is 66.5. The van der Waals surface area contributed by atoms with Gasteiger partial charge in [0.15, 0.2) is 0 Å². The molecule has 0 aliphatic heterocycles. The third-order valence-electron chi connectivity index (χ3n) is 11.6. The van der Waals surface area contributed by atoms with E-state index < -0.39 is 12.1 Å². The van der Waals surface area contributed by atoms with E-state index in [1.165, 1.54) is 186 Å². The molecular formula is C53H99NO3. The smallest absolute Gasteiger partial charge is 0.220 e. The molecule has 4 nitrogen and oxygen atoms in total. The lowest BCUT2D eigenvalue weighted by molar-refractivity contribution is -0.123. The van der Waals surface area contributed by atoms with E-state index in [4.69, 9.17) is 0 Å². The Morgan fingerprint density at radius 2 is 0.772 bits per heavy atom. The lowest BCUT2D eigenvalue weighted by Crippen LogP contribution is -2.45. The maximum Gasteiger partial charge on any atom is 0.220 e. The highest BCUT2D eigenvalue weighted by Crippen LogP contribution is 2.17. The summed E-state index contributed by atoms with van der Waals surface area (Å²) in [5.41, 5.74) is 0. The molecule has 2 atom stereocenters. The van der Waals surface area contributed by atoms with Crippen molar-refractivity contribution in [3.8, 4) is 0 Å². The molecule has 334 valence electrons. The number of amides is 1. The van der Waals surface area contributed by atoms with Crippen molar-refractivity contribution in [2.45, 2.75) is 276 Å². The van der Waals surface area contributed by atoms with Gasteiger partial charge in [-0.05, 0) is 51.4 Å². The van der Waals surface area contributed by atoms with Crippen molar-refractivity contribution in [1.29, 1.82) is 0 Å². The van der Waals surface area contributed by atoms with Crippen molar-refractivity contribution in [1.82, 2.24) is 5.32 Å². The largest absolute Gasteiger partial charge is 0.394 e. The van der Waals surface area contributed by atoms with Crippen molar-refractivity contribution >= 4 is 5.91 Å². The molecule has 0 bridgehead atoms. The lowest BCUT2D eigenvalue weighted by atomic mass is 10.0. The second kappa shape index (κ2) is 48.7. The van der Waals surface area contributed by atoms with Gasteiger partial charge in [0.1, 0.15) is 0 Å². The van der Waals surface area contributed by atoms with E-state index in [9.17, 15) is 15.0 Å². The zero-order chi connectivity index (χ0) is 41.4. The number of unbranched alkanes of at least 4 members (excludes halogenated alkanes) is 31. The average molecular weight is 798 g/mol. The maximum absolute atomic E-state index is 12.4. The Balaban J connectivity index is 3.41. The number of hydrogen-bond donors (Lipinski definition) is 3. The molecule has 0 saturated carbocycles. The molecule has 0 aromatic heterocycles. The number of rotatable bonds is 46. The quantitative estimate of drug-likeness (QED) is 0.0424. The minimum Gasteiger partial charge on any atom is -0.394 e. The number of hydrogen-bond acceptors (Lipinski definition) is 3. The molecule has 0 aliphatic rings. The van der Waals surface area contributed by atoms with Crippen LogP contribution in [0.3, 0.4) is 0 Å². The van der Waals surface area contributed by atoms with Gasteiger partial charge in [0, 0.05) is 6.42 Å². The number of nitrogens with one attached hydrogen (secondary N) is 1. The normalized spacial score (nSPS) is 13.3. The van der Waals surface area contributed by atoms with E-state index in [-0.39, 0.29) is 12.5 Å². The van der Waals surface area contributed by atoms with Crippen LogP contribution in [0.4, 0.5) is 0 Å². The summed E-state index contributed by atoms with van der Waals surface area (Å²) >= 11 is 0. The first-order valence-electron chi connectivity index (χ1n) is 25.3. The SMILES string of the molecule is CC/C=C\C/C=C\C/C=C\C/C=C\CCCCCCCCCCCCCCCCCCCCCCC(=O)NC(CO)C(O)CCCCCCCCCCCCCC. The molecule has 0 aliphatic carbocycles. The number of carbonyl (C=O) groups excluding carboxylic acids is 1. The second-order valence-corrected chi connectivity index (χ2v) is 17.2. The molecule has 4 heteroatoms. The third kappa shape index (κ3) is 45.3. The van der Waals surface area contributed by atoms with Gasteiger partial charge in [0.05, 0.1) is 18.8 Å². The number of aliphatic hydroxyl groups is 2. The summed E-state index contributed by atoms with van der Waals surface area (Å²) in [5.74, 6) is -0.0295. The number of aliphatic hydroxyl groups excluding tert-OH is 2. The summed E-state index contributed by atoms with van der Waals surface area (Å²) < 4.78 is 0. The maximum atomic E-state index is 12.4. The average Bonchev–Trinajstić information content (AvgIpc) is 3.22. The van der Waals surface area contributed by atoms with Crippen molar-refractivity contribution in [2.75, 3.05) is 6.61 Å². The van der Waals surface area contributed by atoms with Crippen LogP contribution in [0.15, 0.2) is 48.6 Å². The number of carbonyl (C=O) groups is 1. The highest BCUT2D eigenvalue weighted by atomic mass is 16.3. The first-order valence-corrected chi connectivity index (χ1v) is 25.3. The fraction of sp³-hybridized carbons (Fsp3) is 0.830. The highest BCUT2D eigenvalue weighted by Gasteiger charge is 2.20. The molecule has 2 unspecified atom stereocenters. The zero-order valence-corrected chi connectivity index (χ0v) is 38.4. The predicted molar refractivity (Wildman–Crippen MR) is 253 cm³/mol. The predicted octanol–water partition coefficient (Wildman–Crippen LogP) is 16.3. The molecule has 0 radical (unpaired) electrons. The lowest BCUT2D eigenvalue weighted by Gasteiger charge is -2.22. The van der Waals surface area contributed by atoms with Gasteiger partial charge in [-0.2, -0.15) is 0 Å². The van der Waals surface area contributed by atoms with Gasteiger partial charge in [0.25, 0.3) is 0 Å². The number of allylic oxidation sites excluding steroid dienone is 8. The second-order valence-electron chi connectivity index (χ2n) is 17.2. The Bertz CT molecular complexity index is 908. The molecule has 0 aromatic rings. The van der Waals surface area contributed by atoms with Gasteiger partial charge in [0.2, 0.25) is 5.91 Å². The van der Waals surface area contributed by atoms with Crippen molar-refractivity contribution in [3.05, 3.63) is 48.6 Å². The van der Waals surface area contributed by atoms with E-state index in [1.807, 2.05) is 0 Å². The van der Waals surface area contributed by atoms with Gasteiger partial charge >= 0.3 is 0 Å². The van der Waals surface area contributed by atoms with E-state index in [1.54, 1.807) is 0 Å². The van der Waals surface area contributed by atoms with Crippen LogP contribution < -0.4 is 5.32 Å². The first kappa shape index (κ1) is 55.4. The van der Waals surface area contributed by atoms with Crippen molar-refractivity contribution in [2.24, 2.45) is 0 Å². The van der Waals surface area contributed by atoms with Crippen LogP contribution in [0.2, 0.25) is 0 Å². The molecule has 0 rings (SSSR count). The van der Waals surface area contributed by atoms with E-state index in [0.717, 1.165) is 51.4 Å². The van der Waals surface area contributed by atoms with Crippen molar-refractivity contribution in [3.63, 3.8) is 0 Å². The zero-order valence-electron chi connectivity index (χ0n) is 38.4. The fourth-order valence-corrected chi connectivity index (χ4v) is 7.77. The minimum absolute atomic E-state index is 0.0295. The monoisotopic (exact) mass is 798 g/mol.